The molecule has 0 aliphatic carbocycles. The molecule has 0 saturated carbocycles. The van der Waals surface area contributed by atoms with Crippen LogP contribution in [-0.2, 0) is 9.53 Å². The Morgan fingerprint density at radius 3 is 2.62 bits per heavy atom. The van der Waals surface area contributed by atoms with E-state index in [1.165, 1.54) is 0 Å². The average Bonchev–Trinajstić information content (AvgIpc) is 2.56. The normalized spacial score (nSPS) is 16.6. The van der Waals surface area contributed by atoms with Gasteiger partial charge in [-0.25, -0.2) is 9.79 Å². The smallest absolute Gasteiger partial charge is 0.338 e. The van der Waals surface area contributed by atoms with Crippen LogP contribution in [0.3, 0.4) is 0 Å². The zero-order chi connectivity index (χ0) is 17.5. The fourth-order valence-electron chi connectivity index (χ4n) is 2.42. The fourth-order valence-corrected chi connectivity index (χ4v) is 2.42. The summed E-state index contributed by atoms with van der Waals surface area (Å²) in [6.07, 6.45) is 1.82. The predicted molar refractivity (Wildman–Crippen MR) is 89.0 cm³/mol. The molecule has 0 unspecified atom stereocenters. The van der Waals surface area contributed by atoms with Crippen molar-refractivity contribution in [1.82, 2.24) is 10.6 Å². The van der Waals surface area contributed by atoms with Gasteiger partial charge in [0.05, 0.1) is 18.8 Å². The van der Waals surface area contributed by atoms with Crippen molar-refractivity contribution >= 4 is 11.9 Å². The molecule has 0 spiro atoms. The summed E-state index contributed by atoms with van der Waals surface area (Å²) >= 11 is 0. The van der Waals surface area contributed by atoms with E-state index in [1.54, 1.807) is 13.8 Å². The largest absolute Gasteiger partial charge is 0.494 e. The lowest BCUT2D eigenvalue weighted by Gasteiger charge is -2.25. The third-order valence-corrected chi connectivity index (χ3v) is 3.42. The average molecular weight is 328 g/mol. The van der Waals surface area contributed by atoms with Crippen LogP contribution in [0, 0.1) is 11.5 Å². The molecule has 2 N–H and O–H groups in total. The molecule has 1 aromatic rings. The second kappa shape index (κ2) is 8.02. The Morgan fingerprint density at radius 1 is 1.33 bits per heavy atom. The predicted octanol–water partition coefficient (Wildman–Crippen LogP) is 1.99. The molecular weight excluding hydrogens is 308 g/mol. The molecule has 0 amide bonds. The number of aliphatic imine (C=N–C) groups is 1. The van der Waals surface area contributed by atoms with Crippen LogP contribution in [0.25, 0.3) is 0 Å². The Kier molecular flexibility index (Phi) is 5.79. The van der Waals surface area contributed by atoms with Crippen LogP contribution in [0.15, 0.2) is 40.5 Å². The number of benzene rings is 1. The maximum absolute atomic E-state index is 12.3. The highest BCUT2D eigenvalue weighted by Crippen LogP contribution is 2.32. The summed E-state index contributed by atoms with van der Waals surface area (Å²) in [5, 5.41) is 14.2. The van der Waals surface area contributed by atoms with E-state index < -0.39 is 12.0 Å². The van der Waals surface area contributed by atoms with E-state index in [2.05, 4.69) is 15.6 Å². The second-order valence-corrected chi connectivity index (χ2v) is 5.00. The molecule has 2 rings (SSSR count). The zero-order valence-electron chi connectivity index (χ0n) is 13.9. The molecule has 1 aliphatic heterocycles. The van der Waals surface area contributed by atoms with Crippen molar-refractivity contribution in [3.05, 3.63) is 41.1 Å². The van der Waals surface area contributed by atoms with Crippen molar-refractivity contribution in [1.29, 1.82) is 5.26 Å². The molecule has 0 radical (unpaired) electrons. The van der Waals surface area contributed by atoms with E-state index in [1.807, 2.05) is 37.4 Å². The SMILES string of the molecule is CCOC(=O)C1=C(C)NC(NC#N)=N[C@H]1c1ccc(OCC)cc1. The Labute approximate surface area is 141 Å². The maximum Gasteiger partial charge on any atom is 0.338 e. The van der Waals surface area contributed by atoms with Crippen molar-refractivity contribution in [2.75, 3.05) is 13.2 Å². The lowest BCUT2D eigenvalue weighted by molar-refractivity contribution is -0.138. The highest BCUT2D eigenvalue weighted by molar-refractivity contribution is 5.95. The Balaban J connectivity index is 2.40. The number of nitrogens with zero attached hydrogens (tertiary/aromatic N) is 2. The molecule has 1 aromatic carbocycles. The summed E-state index contributed by atoms with van der Waals surface area (Å²) in [5.41, 5.74) is 1.82. The number of carbonyl (C=O) groups excluding carboxylic acids is 1. The van der Waals surface area contributed by atoms with Gasteiger partial charge >= 0.3 is 5.97 Å². The van der Waals surface area contributed by atoms with E-state index >= 15 is 0 Å². The molecule has 1 atom stereocenters. The van der Waals surface area contributed by atoms with Gasteiger partial charge in [0.15, 0.2) is 6.19 Å². The molecule has 7 heteroatoms. The highest BCUT2D eigenvalue weighted by atomic mass is 16.5. The minimum Gasteiger partial charge on any atom is -0.494 e. The standard InChI is InChI=1S/C17H20N4O3/c1-4-23-13-8-6-12(7-9-13)15-14(16(22)24-5-2)11(3)20-17(21-15)19-10-18/h6-9,15H,4-5H2,1-3H3,(H2,19,20,21)/t15-/m0/s1. The Hall–Kier alpha value is -3.01. The fraction of sp³-hybridized carbons (Fsp3) is 0.353. The highest BCUT2D eigenvalue weighted by Gasteiger charge is 2.30. The molecule has 24 heavy (non-hydrogen) atoms. The van der Waals surface area contributed by atoms with Crippen molar-refractivity contribution < 1.29 is 14.3 Å². The van der Waals surface area contributed by atoms with Crippen LogP contribution in [0.4, 0.5) is 0 Å². The summed E-state index contributed by atoms with van der Waals surface area (Å²) in [6, 6.07) is 6.79. The van der Waals surface area contributed by atoms with Gasteiger partial charge in [-0.1, -0.05) is 12.1 Å². The van der Waals surface area contributed by atoms with Gasteiger partial charge in [0.25, 0.3) is 0 Å². The summed E-state index contributed by atoms with van der Waals surface area (Å²) in [4.78, 5) is 16.8. The minimum atomic E-state index is -0.558. The van der Waals surface area contributed by atoms with E-state index in [0.717, 1.165) is 11.3 Å². The first kappa shape index (κ1) is 17.3. The quantitative estimate of drug-likeness (QED) is 0.487. The van der Waals surface area contributed by atoms with Gasteiger partial charge < -0.3 is 14.8 Å². The first-order valence-electron chi connectivity index (χ1n) is 7.71. The molecule has 7 nitrogen and oxygen atoms in total. The Bertz CT molecular complexity index is 702. The number of allylic oxidation sites excluding steroid dienone is 1. The maximum atomic E-state index is 12.3. The van der Waals surface area contributed by atoms with Gasteiger partial charge in [0.1, 0.15) is 11.8 Å². The van der Waals surface area contributed by atoms with Crippen molar-refractivity contribution in [2.45, 2.75) is 26.8 Å². The van der Waals surface area contributed by atoms with Crippen molar-refractivity contribution in [2.24, 2.45) is 4.99 Å². The van der Waals surface area contributed by atoms with Crippen LogP contribution in [0.2, 0.25) is 0 Å². The van der Waals surface area contributed by atoms with Gasteiger partial charge in [-0.3, -0.25) is 5.32 Å². The van der Waals surface area contributed by atoms with E-state index in [4.69, 9.17) is 14.7 Å². The van der Waals surface area contributed by atoms with Gasteiger partial charge in [0.2, 0.25) is 5.96 Å². The molecule has 126 valence electrons. The Morgan fingerprint density at radius 2 is 2.04 bits per heavy atom. The van der Waals surface area contributed by atoms with Gasteiger partial charge in [-0.2, -0.15) is 5.26 Å². The number of ether oxygens (including phenoxy) is 2. The molecule has 1 aliphatic rings. The second-order valence-electron chi connectivity index (χ2n) is 5.00. The monoisotopic (exact) mass is 328 g/mol. The van der Waals surface area contributed by atoms with Gasteiger partial charge in [0, 0.05) is 5.70 Å². The van der Waals surface area contributed by atoms with Crippen LogP contribution in [0.5, 0.6) is 5.75 Å². The molecular formula is C17H20N4O3. The van der Waals surface area contributed by atoms with Crippen LogP contribution in [-0.4, -0.2) is 25.1 Å². The van der Waals surface area contributed by atoms with Crippen LogP contribution in [0.1, 0.15) is 32.4 Å². The number of rotatable bonds is 5. The van der Waals surface area contributed by atoms with Crippen molar-refractivity contribution in [3.63, 3.8) is 0 Å². The van der Waals surface area contributed by atoms with E-state index in [0.29, 0.717) is 23.8 Å². The molecule has 1 heterocycles. The number of hydrogen-bond donors (Lipinski definition) is 2. The third-order valence-electron chi connectivity index (χ3n) is 3.42. The van der Waals surface area contributed by atoms with E-state index in [9.17, 15) is 4.79 Å². The molecule has 0 fully saturated rings. The molecule has 0 bridgehead atoms. The van der Waals surface area contributed by atoms with E-state index in [-0.39, 0.29) is 6.61 Å². The number of nitriles is 1. The lowest BCUT2D eigenvalue weighted by Crippen LogP contribution is -2.39. The summed E-state index contributed by atoms with van der Waals surface area (Å²) in [5.74, 6) is 0.607. The zero-order valence-corrected chi connectivity index (χ0v) is 13.9. The number of guanidine groups is 1. The number of hydrogen-bond acceptors (Lipinski definition) is 7. The molecule has 0 saturated heterocycles. The van der Waals surface area contributed by atoms with Gasteiger partial charge in [-0.15, -0.1) is 0 Å². The number of carbonyl (C=O) groups is 1. The van der Waals surface area contributed by atoms with Gasteiger partial charge in [-0.05, 0) is 38.5 Å². The van der Waals surface area contributed by atoms with Crippen LogP contribution < -0.4 is 15.4 Å². The summed E-state index contributed by atoms with van der Waals surface area (Å²) in [6.45, 7) is 6.27. The number of esters is 1. The number of nitrogens with one attached hydrogen (secondary N) is 2. The first-order valence-corrected chi connectivity index (χ1v) is 7.71. The lowest BCUT2D eigenvalue weighted by atomic mass is 9.96. The molecule has 0 aromatic heterocycles. The topological polar surface area (TPSA) is 95.7 Å². The summed E-state index contributed by atoms with van der Waals surface area (Å²) in [7, 11) is 0. The minimum absolute atomic E-state index is 0.276. The first-order chi connectivity index (χ1) is 11.6. The van der Waals surface area contributed by atoms with Crippen molar-refractivity contribution in [3.8, 4) is 11.9 Å². The van der Waals surface area contributed by atoms with Crippen LogP contribution >= 0.6 is 0 Å². The third kappa shape index (κ3) is 3.84. The summed E-state index contributed by atoms with van der Waals surface area (Å²) < 4.78 is 10.6.